The van der Waals surface area contributed by atoms with Crippen LogP contribution in [0.4, 0.5) is 14.6 Å². The van der Waals surface area contributed by atoms with Gasteiger partial charge in [-0.2, -0.15) is 5.26 Å². The van der Waals surface area contributed by atoms with Crippen LogP contribution in [0.3, 0.4) is 0 Å². The van der Waals surface area contributed by atoms with Gasteiger partial charge in [0.15, 0.2) is 0 Å². The quantitative estimate of drug-likeness (QED) is 0.609. The first-order chi connectivity index (χ1) is 17.1. The van der Waals surface area contributed by atoms with Crippen molar-refractivity contribution in [1.82, 2.24) is 10.3 Å². The Morgan fingerprint density at radius 3 is 2.56 bits per heavy atom. The molecule has 11 heteroatoms. The summed E-state index contributed by atoms with van der Waals surface area (Å²) in [4.78, 5) is 45.5. The molecule has 0 radical (unpaired) electrons. The fourth-order valence-electron chi connectivity index (χ4n) is 5.13. The van der Waals surface area contributed by atoms with Gasteiger partial charge in [-0.25, -0.2) is 13.8 Å². The summed E-state index contributed by atoms with van der Waals surface area (Å²) < 4.78 is 27.4. The molecule has 0 bridgehead atoms. The Bertz CT molecular complexity index is 1240. The van der Waals surface area contributed by atoms with E-state index >= 15 is 0 Å². The van der Waals surface area contributed by atoms with Gasteiger partial charge in [0.1, 0.15) is 11.4 Å². The molecular formula is C25H24ClF2N5O3. The molecule has 1 aliphatic heterocycles. The fraction of sp³-hybridized carbons (Fsp3) is 0.400. The Balaban J connectivity index is 1.83. The summed E-state index contributed by atoms with van der Waals surface area (Å²) in [5, 5.41) is 12.3. The lowest BCUT2D eigenvalue weighted by atomic mass is 9.75. The number of benzene rings is 1. The van der Waals surface area contributed by atoms with Gasteiger partial charge in [-0.1, -0.05) is 29.8 Å². The number of nitrogens with two attached hydrogens (primary N) is 1. The second kappa shape index (κ2) is 9.82. The summed E-state index contributed by atoms with van der Waals surface area (Å²) in [5.41, 5.74) is 4.49. The molecule has 8 nitrogen and oxygen atoms in total. The highest BCUT2D eigenvalue weighted by atomic mass is 35.5. The maximum Gasteiger partial charge on any atom is 0.248 e. The molecule has 2 unspecified atom stereocenters. The lowest BCUT2D eigenvalue weighted by Gasteiger charge is -2.41. The van der Waals surface area contributed by atoms with E-state index in [0.717, 1.165) is 4.90 Å². The van der Waals surface area contributed by atoms with Gasteiger partial charge in [0.25, 0.3) is 0 Å². The van der Waals surface area contributed by atoms with E-state index in [2.05, 4.69) is 10.3 Å². The van der Waals surface area contributed by atoms with Crippen LogP contribution in [-0.2, 0) is 14.4 Å². The van der Waals surface area contributed by atoms with Crippen LogP contribution in [0.2, 0.25) is 5.02 Å². The van der Waals surface area contributed by atoms with Crippen molar-refractivity contribution in [3.8, 4) is 6.07 Å². The zero-order valence-corrected chi connectivity index (χ0v) is 20.0. The predicted molar refractivity (Wildman–Crippen MR) is 127 cm³/mol. The van der Waals surface area contributed by atoms with E-state index < -0.39 is 41.1 Å². The van der Waals surface area contributed by atoms with Crippen molar-refractivity contribution >= 4 is 35.1 Å². The SMILES string of the molecule is N#Cc1ccnc(N2C(=O)CCC2(C(N)=O)C(C(=O)NC2CCC(F)(F)CC2)c2ccccc2Cl)c1. The number of anilines is 1. The maximum absolute atomic E-state index is 13.9. The van der Waals surface area contributed by atoms with E-state index in [1.807, 2.05) is 6.07 Å². The number of pyridine rings is 1. The number of rotatable bonds is 6. The van der Waals surface area contributed by atoms with E-state index in [1.165, 1.54) is 18.3 Å². The second-order valence-electron chi connectivity index (χ2n) is 9.13. The van der Waals surface area contributed by atoms with E-state index in [1.54, 1.807) is 24.3 Å². The van der Waals surface area contributed by atoms with Gasteiger partial charge in [-0.3, -0.25) is 19.3 Å². The Morgan fingerprint density at radius 1 is 1.22 bits per heavy atom. The molecule has 1 aromatic heterocycles. The van der Waals surface area contributed by atoms with Crippen LogP contribution in [0, 0.1) is 11.3 Å². The van der Waals surface area contributed by atoms with Gasteiger partial charge in [0.2, 0.25) is 23.6 Å². The van der Waals surface area contributed by atoms with Crippen molar-refractivity contribution in [1.29, 1.82) is 5.26 Å². The molecule has 2 aromatic rings. The first-order valence-electron chi connectivity index (χ1n) is 11.5. The average molecular weight is 516 g/mol. The summed E-state index contributed by atoms with van der Waals surface area (Å²) in [7, 11) is 0. The number of carbonyl (C=O) groups is 3. The lowest BCUT2D eigenvalue weighted by molar-refractivity contribution is -0.133. The summed E-state index contributed by atoms with van der Waals surface area (Å²) in [5.74, 6) is -6.26. The number of amides is 3. The minimum absolute atomic E-state index is 0.00230. The summed E-state index contributed by atoms with van der Waals surface area (Å²) in [6.45, 7) is 0. The van der Waals surface area contributed by atoms with Crippen LogP contribution in [0.15, 0.2) is 42.6 Å². The van der Waals surface area contributed by atoms with E-state index in [0.29, 0.717) is 0 Å². The van der Waals surface area contributed by atoms with Crippen LogP contribution in [0.5, 0.6) is 0 Å². The largest absolute Gasteiger partial charge is 0.368 e. The summed E-state index contributed by atoms with van der Waals surface area (Å²) in [6.07, 6.45) is 0.489. The van der Waals surface area contributed by atoms with Crippen molar-refractivity contribution in [2.24, 2.45) is 5.73 Å². The van der Waals surface area contributed by atoms with Crippen molar-refractivity contribution in [2.45, 2.75) is 61.9 Å². The number of hydrogen-bond acceptors (Lipinski definition) is 5. The van der Waals surface area contributed by atoms with E-state index in [4.69, 9.17) is 17.3 Å². The number of primary amides is 1. The lowest BCUT2D eigenvalue weighted by Crippen LogP contribution is -2.63. The number of hydrogen-bond donors (Lipinski definition) is 2. The highest BCUT2D eigenvalue weighted by Gasteiger charge is 2.59. The van der Waals surface area contributed by atoms with E-state index in [9.17, 15) is 28.4 Å². The fourth-order valence-corrected chi connectivity index (χ4v) is 5.37. The Morgan fingerprint density at radius 2 is 1.92 bits per heavy atom. The smallest absolute Gasteiger partial charge is 0.248 e. The van der Waals surface area contributed by atoms with Crippen LogP contribution >= 0.6 is 11.6 Å². The molecule has 1 saturated carbocycles. The van der Waals surface area contributed by atoms with Crippen LogP contribution in [0.25, 0.3) is 0 Å². The number of nitrogens with zero attached hydrogens (tertiary/aromatic N) is 3. The molecule has 2 heterocycles. The number of nitriles is 1. The van der Waals surface area contributed by atoms with Crippen LogP contribution in [-0.4, -0.2) is 40.2 Å². The first-order valence-corrected chi connectivity index (χ1v) is 11.9. The van der Waals surface area contributed by atoms with Gasteiger partial charge in [-0.05, 0) is 43.0 Å². The van der Waals surface area contributed by atoms with Gasteiger partial charge in [0, 0.05) is 36.5 Å². The molecule has 2 fully saturated rings. The number of halogens is 3. The molecule has 1 aromatic carbocycles. The minimum atomic E-state index is -2.79. The first kappa shape index (κ1) is 25.5. The van der Waals surface area contributed by atoms with Crippen molar-refractivity contribution in [3.63, 3.8) is 0 Å². The molecule has 0 spiro atoms. The normalized spacial score (nSPS) is 22.6. The second-order valence-corrected chi connectivity index (χ2v) is 9.53. The van der Waals surface area contributed by atoms with Gasteiger partial charge in [-0.15, -0.1) is 0 Å². The molecule has 3 N–H and O–H groups in total. The predicted octanol–water partition coefficient (Wildman–Crippen LogP) is 3.44. The molecule has 1 aliphatic carbocycles. The third-order valence-electron chi connectivity index (χ3n) is 6.92. The zero-order valence-electron chi connectivity index (χ0n) is 19.2. The summed E-state index contributed by atoms with van der Waals surface area (Å²) in [6, 6.07) is 10.6. The molecule has 4 rings (SSSR count). The van der Waals surface area contributed by atoms with Gasteiger partial charge < -0.3 is 11.1 Å². The van der Waals surface area contributed by atoms with Gasteiger partial charge in [0.05, 0.1) is 17.6 Å². The van der Waals surface area contributed by atoms with Crippen molar-refractivity contribution in [3.05, 3.63) is 58.7 Å². The highest BCUT2D eigenvalue weighted by molar-refractivity contribution is 6.31. The molecule has 188 valence electrons. The third-order valence-corrected chi connectivity index (χ3v) is 7.26. The number of nitrogens with one attached hydrogen (secondary N) is 1. The van der Waals surface area contributed by atoms with Crippen LogP contribution in [0.1, 0.15) is 55.6 Å². The Hall–Kier alpha value is -3.58. The number of carbonyl (C=O) groups excluding carboxylic acids is 3. The molecule has 1 saturated heterocycles. The molecule has 2 aliphatic rings. The number of aromatic nitrogens is 1. The monoisotopic (exact) mass is 515 g/mol. The van der Waals surface area contributed by atoms with Crippen molar-refractivity contribution in [2.75, 3.05) is 4.90 Å². The van der Waals surface area contributed by atoms with Crippen molar-refractivity contribution < 1.29 is 23.2 Å². The number of alkyl halides is 2. The summed E-state index contributed by atoms with van der Waals surface area (Å²) >= 11 is 6.47. The van der Waals surface area contributed by atoms with Crippen LogP contribution < -0.4 is 16.0 Å². The Labute approximate surface area is 211 Å². The van der Waals surface area contributed by atoms with E-state index in [-0.39, 0.29) is 60.5 Å². The topological polar surface area (TPSA) is 129 Å². The molecule has 3 amide bonds. The highest BCUT2D eigenvalue weighted by Crippen LogP contribution is 2.46. The minimum Gasteiger partial charge on any atom is -0.368 e. The van der Waals surface area contributed by atoms with Gasteiger partial charge >= 0.3 is 0 Å². The molecule has 36 heavy (non-hydrogen) atoms. The third kappa shape index (κ3) is 4.63. The Kier molecular flexibility index (Phi) is 6.96. The standard InChI is InChI=1S/C25H24ClF2N5O3/c26-18-4-2-1-3-17(18)21(22(35)32-16-5-9-24(27,28)10-6-16)25(23(30)36)11-7-20(34)33(25)19-13-15(14-29)8-12-31-19/h1-4,8,12-13,16,21H,5-7,9-11H2,(H2,30,36)(H,32,35). The zero-order chi connectivity index (χ0) is 26.1. The molecule has 2 atom stereocenters. The molecular weight excluding hydrogens is 492 g/mol. The maximum atomic E-state index is 13.9. The average Bonchev–Trinajstić information content (AvgIpc) is 3.19.